The Labute approximate surface area is 174 Å². The van der Waals surface area contributed by atoms with Crippen LogP contribution in [0.5, 0.6) is 5.88 Å². The van der Waals surface area contributed by atoms with Gasteiger partial charge in [-0.3, -0.25) is 4.99 Å². The van der Waals surface area contributed by atoms with Crippen molar-refractivity contribution >= 4 is 39.8 Å². The molecule has 0 bridgehead atoms. The fourth-order valence-corrected chi connectivity index (χ4v) is 2.65. The molecule has 0 spiro atoms. The van der Waals surface area contributed by atoms with Gasteiger partial charge in [0.15, 0.2) is 12.6 Å². The van der Waals surface area contributed by atoms with Gasteiger partial charge in [0.2, 0.25) is 5.88 Å². The second-order valence-electron chi connectivity index (χ2n) is 5.80. The Kier molecular flexibility index (Phi) is 11.0. The molecule has 0 aromatic carbocycles. The Morgan fingerprint density at radius 3 is 2.63 bits per heavy atom. The first-order valence-corrected chi connectivity index (χ1v) is 9.84. The van der Waals surface area contributed by atoms with E-state index in [1.54, 1.807) is 13.1 Å². The smallest absolute Gasteiger partial charge is 0.422 e. The average molecular weight is 524 g/mol. The number of aromatic nitrogens is 1. The Morgan fingerprint density at radius 1 is 1.41 bits per heavy atom. The van der Waals surface area contributed by atoms with Crippen molar-refractivity contribution < 1.29 is 26.3 Å². The third-order valence-corrected chi connectivity index (χ3v) is 4.15. The number of nitrogens with zero attached hydrogens (tertiary/aromatic N) is 2. The van der Waals surface area contributed by atoms with E-state index in [4.69, 9.17) is 0 Å². The van der Waals surface area contributed by atoms with Crippen molar-refractivity contribution in [1.82, 2.24) is 15.6 Å². The summed E-state index contributed by atoms with van der Waals surface area (Å²) in [6, 6.07) is 2.91. The van der Waals surface area contributed by atoms with E-state index in [0.29, 0.717) is 17.9 Å². The minimum atomic E-state index is -4.43. The molecule has 2 N–H and O–H groups in total. The molecule has 0 amide bonds. The summed E-state index contributed by atoms with van der Waals surface area (Å²) in [7, 11) is -1.48. The molecule has 0 aliphatic rings. The van der Waals surface area contributed by atoms with Gasteiger partial charge >= 0.3 is 6.18 Å². The van der Waals surface area contributed by atoms with Gasteiger partial charge in [0.05, 0.1) is 5.75 Å². The molecule has 12 heteroatoms. The average Bonchev–Trinajstić information content (AvgIpc) is 2.54. The Morgan fingerprint density at radius 2 is 2.07 bits per heavy atom. The molecule has 0 saturated heterocycles. The zero-order valence-corrected chi connectivity index (χ0v) is 18.4. The first-order chi connectivity index (χ1) is 12.0. The highest BCUT2D eigenvalue weighted by Gasteiger charge is 2.28. The van der Waals surface area contributed by atoms with Crippen molar-refractivity contribution in [2.75, 3.05) is 25.7 Å². The van der Waals surface area contributed by atoms with Crippen LogP contribution in [0.4, 0.5) is 13.2 Å². The fraction of sp³-hybridized carbons (Fsp3) is 0.600. The molecule has 0 saturated carbocycles. The molecular weight excluding hydrogens is 500 g/mol. The SMILES string of the molecule is CN=C(NCc1ccnc(OCC(F)(F)F)c1)NC(C)CCS(C)(=O)=O.I. The second kappa shape index (κ2) is 11.5. The number of sulfone groups is 1. The zero-order chi connectivity index (χ0) is 19.8. The van der Waals surface area contributed by atoms with Crippen LogP contribution < -0.4 is 15.4 Å². The van der Waals surface area contributed by atoms with Crippen LogP contribution in [0, 0.1) is 0 Å². The van der Waals surface area contributed by atoms with Crippen LogP contribution in [0.15, 0.2) is 23.3 Å². The summed E-state index contributed by atoms with van der Waals surface area (Å²) in [6.45, 7) is 0.703. The molecule has 1 aromatic heterocycles. The predicted molar refractivity (Wildman–Crippen MR) is 108 cm³/mol. The second-order valence-corrected chi connectivity index (χ2v) is 8.06. The van der Waals surface area contributed by atoms with E-state index in [0.717, 1.165) is 0 Å². The first-order valence-electron chi connectivity index (χ1n) is 7.78. The predicted octanol–water partition coefficient (Wildman–Crippen LogP) is 2.13. The third kappa shape index (κ3) is 12.7. The number of ether oxygens (including phenoxy) is 1. The molecule has 1 rings (SSSR count). The van der Waals surface area contributed by atoms with E-state index < -0.39 is 22.6 Å². The summed E-state index contributed by atoms with van der Waals surface area (Å²) in [6.07, 6.45) is -1.48. The van der Waals surface area contributed by atoms with Crippen molar-refractivity contribution in [3.63, 3.8) is 0 Å². The fourth-order valence-electron chi connectivity index (χ4n) is 1.87. The molecule has 156 valence electrons. The lowest BCUT2D eigenvalue weighted by molar-refractivity contribution is -0.154. The van der Waals surface area contributed by atoms with Gasteiger partial charge in [-0.2, -0.15) is 13.2 Å². The quantitative estimate of drug-likeness (QED) is 0.308. The van der Waals surface area contributed by atoms with Crippen molar-refractivity contribution in [2.24, 2.45) is 4.99 Å². The first kappa shape index (κ1) is 25.7. The van der Waals surface area contributed by atoms with Gasteiger partial charge < -0.3 is 15.4 Å². The van der Waals surface area contributed by atoms with E-state index in [1.807, 2.05) is 6.92 Å². The normalized spacial score (nSPS) is 13.5. The molecule has 1 atom stereocenters. The van der Waals surface area contributed by atoms with Gasteiger partial charge in [-0.15, -0.1) is 24.0 Å². The summed E-state index contributed by atoms with van der Waals surface area (Å²) in [5.74, 6) is 0.384. The molecule has 27 heavy (non-hydrogen) atoms. The van der Waals surface area contributed by atoms with Crippen LogP contribution in [0.3, 0.4) is 0 Å². The molecule has 0 aliphatic carbocycles. The molecule has 1 unspecified atom stereocenters. The van der Waals surface area contributed by atoms with Crippen LogP contribution >= 0.6 is 24.0 Å². The lowest BCUT2D eigenvalue weighted by Gasteiger charge is -2.17. The van der Waals surface area contributed by atoms with Crippen molar-refractivity contribution in [1.29, 1.82) is 0 Å². The molecule has 0 fully saturated rings. The van der Waals surface area contributed by atoms with E-state index >= 15 is 0 Å². The number of nitrogens with one attached hydrogen (secondary N) is 2. The van der Waals surface area contributed by atoms with Gasteiger partial charge in [-0.25, -0.2) is 13.4 Å². The number of guanidine groups is 1. The van der Waals surface area contributed by atoms with Crippen LogP contribution in [0.2, 0.25) is 0 Å². The Balaban J connectivity index is 0.00000676. The van der Waals surface area contributed by atoms with Crippen LogP contribution in [0.1, 0.15) is 18.9 Å². The molecule has 7 nitrogen and oxygen atoms in total. The van der Waals surface area contributed by atoms with Gasteiger partial charge in [-0.1, -0.05) is 0 Å². The summed E-state index contributed by atoms with van der Waals surface area (Å²) >= 11 is 0. The molecule has 0 aliphatic heterocycles. The highest BCUT2D eigenvalue weighted by atomic mass is 127. The third-order valence-electron chi connectivity index (χ3n) is 3.17. The highest BCUT2D eigenvalue weighted by Crippen LogP contribution is 2.17. The standard InChI is InChI=1S/C15H23F3N4O3S.HI/c1-11(5-7-26(3,23)24)22-14(19-2)21-9-12-4-6-20-13(8-12)25-10-15(16,17)18;/h4,6,8,11H,5,7,9-10H2,1-3H3,(H2,19,21,22);1H. The van der Waals surface area contributed by atoms with E-state index in [2.05, 4.69) is 25.3 Å². The van der Waals surface area contributed by atoms with Crippen molar-refractivity contribution in [3.05, 3.63) is 23.9 Å². The topological polar surface area (TPSA) is 92.7 Å². The van der Waals surface area contributed by atoms with Crippen LogP contribution in [-0.2, 0) is 16.4 Å². The van der Waals surface area contributed by atoms with Crippen molar-refractivity contribution in [3.8, 4) is 5.88 Å². The maximum atomic E-state index is 12.2. The van der Waals surface area contributed by atoms with Gasteiger partial charge in [0, 0.05) is 38.2 Å². The highest BCUT2D eigenvalue weighted by molar-refractivity contribution is 14.0. The number of alkyl halides is 3. The van der Waals surface area contributed by atoms with E-state index in [-0.39, 0.29) is 48.2 Å². The van der Waals surface area contributed by atoms with Crippen LogP contribution in [-0.4, -0.2) is 57.2 Å². The summed E-state index contributed by atoms with van der Waals surface area (Å²) in [4.78, 5) is 7.76. The molecule has 0 radical (unpaired) electrons. The van der Waals surface area contributed by atoms with E-state index in [1.165, 1.54) is 18.5 Å². The maximum Gasteiger partial charge on any atom is 0.422 e. The zero-order valence-electron chi connectivity index (χ0n) is 15.2. The Bertz CT molecular complexity index is 715. The lowest BCUT2D eigenvalue weighted by atomic mass is 10.2. The maximum absolute atomic E-state index is 12.2. The minimum absolute atomic E-state index is 0. The number of rotatable bonds is 8. The van der Waals surface area contributed by atoms with Crippen molar-refractivity contribution in [2.45, 2.75) is 32.1 Å². The molecule has 1 heterocycles. The monoisotopic (exact) mass is 524 g/mol. The molecule has 1 aromatic rings. The summed E-state index contributed by atoms with van der Waals surface area (Å²) < 4.78 is 63.5. The largest absolute Gasteiger partial charge is 0.468 e. The number of aliphatic imine (C=N–C) groups is 1. The minimum Gasteiger partial charge on any atom is -0.468 e. The van der Waals surface area contributed by atoms with Gasteiger partial charge in [0.1, 0.15) is 9.84 Å². The van der Waals surface area contributed by atoms with Gasteiger partial charge in [0.25, 0.3) is 0 Å². The number of pyridine rings is 1. The van der Waals surface area contributed by atoms with Gasteiger partial charge in [-0.05, 0) is 25.0 Å². The van der Waals surface area contributed by atoms with Crippen LogP contribution in [0.25, 0.3) is 0 Å². The lowest BCUT2D eigenvalue weighted by Crippen LogP contribution is -2.42. The summed E-state index contributed by atoms with van der Waals surface area (Å²) in [5, 5.41) is 6.05. The number of halogens is 4. The number of hydrogen-bond acceptors (Lipinski definition) is 5. The molecular formula is C15H24F3IN4O3S. The summed E-state index contributed by atoms with van der Waals surface area (Å²) in [5.41, 5.74) is 0.656. The van der Waals surface area contributed by atoms with E-state index in [9.17, 15) is 21.6 Å². The number of hydrogen-bond donors (Lipinski definition) is 2. The Hall–Kier alpha value is -1.31.